The zero-order valence-corrected chi connectivity index (χ0v) is 19.8. The van der Waals surface area contributed by atoms with E-state index in [1.165, 1.54) is 6.92 Å². The van der Waals surface area contributed by atoms with Gasteiger partial charge in [-0.1, -0.05) is 0 Å². The van der Waals surface area contributed by atoms with Gasteiger partial charge in [-0.05, 0) is 61.8 Å². The van der Waals surface area contributed by atoms with Gasteiger partial charge in [0.05, 0.1) is 12.5 Å². The van der Waals surface area contributed by atoms with Crippen molar-refractivity contribution in [2.24, 2.45) is 16.8 Å². The number of carbonyl (C=O) groups is 3. The lowest BCUT2D eigenvalue weighted by Gasteiger charge is -2.40. The number of amides is 2. The first-order valence-electron chi connectivity index (χ1n) is 10.4. The zero-order chi connectivity index (χ0) is 24.7. The smallest absolute Gasteiger partial charge is 0.428 e. The average molecular weight is 462 g/mol. The number of rotatable bonds is 3. The molecule has 2 aliphatic rings. The number of imide groups is 1. The largest absolute Gasteiger partial charge is 0.466 e. The molecule has 182 valence electrons. The highest BCUT2D eigenvalue weighted by atomic mass is 19.3. The lowest BCUT2D eigenvalue weighted by molar-refractivity contribution is -0.148. The van der Waals surface area contributed by atoms with Gasteiger partial charge in [0.2, 0.25) is 0 Å². The second kappa shape index (κ2) is 8.47. The number of hydrogen-bond donors (Lipinski definition) is 0. The van der Waals surface area contributed by atoms with Gasteiger partial charge >= 0.3 is 30.1 Å². The Hall–Kier alpha value is -2.46. The summed E-state index contributed by atoms with van der Waals surface area (Å²) in [5, 5.41) is 0. The Morgan fingerprint density at radius 3 is 2.03 bits per heavy atom. The second-order valence-corrected chi connectivity index (χ2v) is 10.0. The molecule has 0 aromatic carbocycles. The first-order chi connectivity index (χ1) is 14.4. The first kappa shape index (κ1) is 25.8. The molecule has 9 nitrogen and oxygen atoms in total. The maximum absolute atomic E-state index is 14.9. The molecule has 0 unspecified atom stereocenters. The summed E-state index contributed by atoms with van der Waals surface area (Å²) in [6.45, 7) is 11.2. The summed E-state index contributed by atoms with van der Waals surface area (Å²) >= 11 is 0. The number of hydrogen-bond acceptors (Lipinski definition) is 8. The van der Waals surface area contributed by atoms with E-state index in [9.17, 15) is 23.2 Å². The summed E-state index contributed by atoms with van der Waals surface area (Å²) < 4.78 is 50.3. The van der Waals surface area contributed by atoms with Crippen molar-refractivity contribution in [2.75, 3.05) is 13.2 Å². The molecule has 2 amide bonds. The van der Waals surface area contributed by atoms with Crippen LogP contribution >= 0.6 is 0 Å². The summed E-state index contributed by atoms with van der Waals surface area (Å²) in [4.78, 5) is 42.0. The number of amidine groups is 1. The predicted octanol–water partition coefficient (Wildman–Crippen LogP) is 4.14. The molecule has 0 bridgehead atoms. The fourth-order valence-corrected chi connectivity index (χ4v) is 3.25. The second-order valence-electron chi connectivity index (χ2n) is 10.0. The maximum Gasteiger partial charge on any atom is 0.428 e. The van der Waals surface area contributed by atoms with E-state index in [1.807, 2.05) is 0 Å². The van der Waals surface area contributed by atoms with Gasteiger partial charge in [-0.15, -0.1) is 4.90 Å². The molecule has 1 aliphatic heterocycles. The van der Waals surface area contributed by atoms with Gasteiger partial charge in [0.25, 0.3) is 0 Å². The van der Waals surface area contributed by atoms with Crippen molar-refractivity contribution in [1.82, 2.24) is 4.90 Å². The van der Waals surface area contributed by atoms with E-state index in [-0.39, 0.29) is 13.0 Å². The molecule has 1 aliphatic carbocycles. The van der Waals surface area contributed by atoms with E-state index in [0.717, 1.165) is 0 Å². The van der Waals surface area contributed by atoms with Crippen molar-refractivity contribution in [2.45, 2.75) is 84.5 Å². The van der Waals surface area contributed by atoms with Crippen LogP contribution in [0.5, 0.6) is 0 Å². The summed E-state index contributed by atoms with van der Waals surface area (Å²) in [5.41, 5.74) is -4.10. The van der Waals surface area contributed by atoms with Gasteiger partial charge in [-0.3, -0.25) is 4.79 Å². The molecule has 0 saturated heterocycles. The number of alkyl halides is 2. The van der Waals surface area contributed by atoms with Gasteiger partial charge in [0.15, 0.2) is 6.61 Å². The van der Waals surface area contributed by atoms with Crippen molar-refractivity contribution in [3.8, 4) is 0 Å². The number of aliphatic imine (C=N–C) groups is 1. The number of carbonyl (C=O) groups excluding carboxylic acids is 3. The highest BCUT2D eigenvalue weighted by Gasteiger charge is 2.67. The SMILES string of the molecule is CCOC(=O)[C@H]1C[C@@H]1[C@@]1(C)N=C(N(C(=O)OC(C)(C)C)C(=O)OC(C)(C)C)OCC1(F)F. The lowest BCUT2D eigenvalue weighted by Crippen LogP contribution is -2.58. The van der Waals surface area contributed by atoms with E-state index in [0.29, 0.717) is 4.90 Å². The van der Waals surface area contributed by atoms with E-state index in [4.69, 9.17) is 18.9 Å². The number of esters is 1. The minimum Gasteiger partial charge on any atom is -0.466 e. The molecule has 0 spiro atoms. The Balaban J connectivity index is 2.44. The molecule has 11 heteroatoms. The molecule has 0 aromatic rings. The van der Waals surface area contributed by atoms with Gasteiger partial charge in [0, 0.05) is 5.92 Å². The Labute approximate surface area is 186 Å². The Kier molecular flexibility index (Phi) is 6.83. The van der Waals surface area contributed by atoms with E-state index in [2.05, 4.69) is 4.99 Å². The molecule has 0 N–H and O–H groups in total. The summed E-state index contributed by atoms with van der Waals surface area (Å²) in [6, 6.07) is -0.670. The molecule has 32 heavy (non-hydrogen) atoms. The van der Waals surface area contributed by atoms with Crippen LogP contribution in [0.4, 0.5) is 18.4 Å². The van der Waals surface area contributed by atoms with E-state index in [1.54, 1.807) is 48.5 Å². The van der Waals surface area contributed by atoms with Gasteiger partial charge in [-0.25, -0.2) is 23.4 Å². The molecule has 1 saturated carbocycles. The molecule has 1 fully saturated rings. The highest BCUT2D eigenvalue weighted by molar-refractivity contribution is 6.06. The predicted molar refractivity (Wildman–Crippen MR) is 109 cm³/mol. The normalized spacial score (nSPS) is 26.9. The monoisotopic (exact) mass is 462 g/mol. The highest BCUT2D eigenvalue weighted by Crippen LogP contribution is 2.55. The van der Waals surface area contributed by atoms with Gasteiger partial charge in [-0.2, -0.15) is 0 Å². The zero-order valence-electron chi connectivity index (χ0n) is 19.8. The number of nitrogens with zero attached hydrogens (tertiary/aromatic N) is 2. The first-order valence-corrected chi connectivity index (χ1v) is 10.4. The minimum absolute atomic E-state index is 0.123. The minimum atomic E-state index is -3.46. The fourth-order valence-electron chi connectivity index (χ4n) is 3.25. The van der Waals surface area contributed by atoms with Crippen LogP contribution < -0.4 is 0 Å². The van der Waals surface area contributed by atoms with Crippen molar-refractivity contribution in [3.05, 3.63) is 0 Å². The Morgan fingerprint density at radius 1 is 1.09 bits per heavy atom. The van der Waals surface area contributed by atoms with Crippen molar-refractivity contribution in [1.29, 1.82) is 0 Å². The van der Waals surface area contributed by atoms with Crippen LogP contribution in [0.25, 0.3) is 0 Å². The quantitative estimate of drug-likeness (QED) is 0.459. The van der Waals surface area contributed by atoms with Crippen LogP contribution in [0, 0.1) is 11.8 Å². The molecule has 0 aromatic heterocycles. The van der Waals surface area contributed by atoms with Crippen LogP contribution in [0.15, 0.2) is 4.99 Å². The van der Waals surface area contributed by atoms with Crippen LogP contribution in [0.3, 0.4) is 0 Å². The topological polar surface area (TPSA) is 104 Å². The van der Waals surface area contributed by atoms with Crippen LogP contribution in [0.1, 0.15) is 61.8 Å². The van der Waals surface area contributed by atoms with Crippen LogP contribution in [-0.2, 0) is 23.7 Å². The van der Waals surface area contributed by atoms with E-state index >= 15 is 0 Å². The Morgan fingerprint density at radius 2 is 1.59 bits per heavy atom. The summed E-state index contributed by atoms with van der Waals surface area (Å²) in [6.07, 6.45) is -2.23. The third-order valence-corrected chi connectivity index (χ3v) is 4.90. The number of halogens is 2. The van der Waals surface area contributed by atoms with Crippen LogP contribution in [-0.4, -0.2) is 65.0 Å². The van der Waals surface area contributed by atoms with Crippen molar-refractivity contribution < 1.29 is 42.1 Å². The molecule has 0 radical (unpaired) electrons. The summed E-state index contributed by atoms with van der Waals surface area (Å²) in [5.74, 6) is -5.66. The van der Waals surface area contributed by atoms with E-state index < -0.39 is 65.3 Å². The average Bonchev–Trinajstić information content (AvgIpc) is 3.36. The van der Waals surface area contributed by atoms with Gasteiger partial charge in [0.1, 0.15) is 16.7 Å². The Bertz CT molecular complexity index is 773. The molecule has 3 atom stereocenters. The molecule has 1 heterocycles. The van der Waals surface area contributed by atoms with Crippen molar-refractivity contribution >= 4 is 24.2 Å². The molecular weight excluding hydrogens is 430 g/mol. The van der Waals surface area contributed by atoms with Gasteiger partial charge < -0.3 is 18.9 Å². The van der Waals surface area contributed by atoms with Crippen LogP contribution in [0.2, 0.25) is 0 Å². The number of ether oxygens (including phenoxy) is 4. The lowest BCUT2D eigenvalue weighted by atomic mass is 9.87. The van der Waals surface area contributed by atoms with Crippen molar-refractivity contribution in [3.63, 3.8) is 0 Å². The molecular formula is C21H32F2N2O7. The third-order valence-electron chi connectivity index (χ3n) is 4.90. The fraction of sp³-hybridized carbons (Fsp3) is 0.810. The molecule has 2 rings (SSSR count). The summed E-state index contributed by atoms with van der Waals surface area (Å²) in [7, 11) is 0. The third kappa shape index (κ3) is 5.66. The maximum atomic E-state index is 14.9. The standard InChI is InChI=1S/C21H32F2N2O7/c1-9-29-14(26)12-10-13(12)20(8)21(22,23)11-30-15(24-20)25(16(27)31-18(2,3)4)17(28)32-19(5,6)7/h12-13H,9-11H2,1-8H3/t12-,13-,20+/m0/s1.